The number of carbonyl (C=O) groups is 1. The van der Waals surface area contributed by atoms with E-state index in [1.54, 1.807) is 11.3 Å². The molecule has 0 bridgehead atoms. The first-order valence-electron chi connectivity index (χ1n) is 9.85. The van der Waals surface area contributed by atoms with Gasteiger partial charge >= 0.3 is 0 Å². The lowest BCUT2D eigenvalue weighted by atomic mass is 9.93. The molecule has 0 atom stereocenters. The average Bonchev–Trinajstić information content (AvgIpc) is 3.20. The summed E-state index contributed by atoms with van der Waals surface area (Å²) in [7, 11) is 0. The molecule has 2 aromatic heterocycles. The summed E-state index contributed by atoms with van der Waals surface area (Å²) in [5, 5.41) is 8.74. The maximum atomic E-state index is 12.3. The molecule has 0 radical (unpaired) electrons. The number of hydrogen-bond donors (Lipinski definition) is 1. The fourth-order valence-electron chi connectivity index (χ4n) is 3.19. The van der Waals surface area contributed by atoms with E-state index in [0.717, 1.165) is 54.7 Å². The number of ether oxygens (including phenoxy) is 1. The van der Waals surface area contributed by atoms with Crippen LogP contribution in [-0.2, 0) is 14.9 Å². The van der Waals surface area contributed by atoms with Crippen LogP contribution in [0.2, 0.25) is 0 Å². The van der Waals surface area contributed by atoms with Gasteiger partial charge in [-0.3, -0.25) is 4.79 Å². The molecule has 1 aliphatic heterocycles. The first-order chi connectivity index (χ1) is 12.9. The number of amides is 1. The minimum absolute atomic E-state index is 0.0297. The van der Waals surface area contributed by atoms with Gasteiger partial charge in [0.05, 0.1) is 11.9 Å². The van der Waals surface area contributed by atoms with Crippen molar-refractivity contribution in [2.75, 3.05) is 37.7 Å². The van der Waals surface area contributed by atoms with Crippen LogP contribution in [-0.4, -0.2) is 53.4 Å². The maximum absolute atomic E-state index is 12.3. The molecule has 150 valence electrons. The van der Waals surface area contributed by atoms with Gasteiger partial charge in [0.15, 0.2) is 0 Å². The Balaban J connectivity index is 1.49. The second kappa shape index (κ2) is 8.56. The van der Waals surface area contributed by atoms with Crippen LogP contribution in [0, 0.1) is 5.92 Å². The van der Waals surface area contributed by atoms with E-state index >= 15 is 0 Å². The molecule has 0 aromatic carbocycles. The molecule has 7 nitrogen and oxygen atoms in total. The number of hydrogen-bond acceptors (Lipinski definition) is 6. The minimum Gasteiger partial charge on any atom is -0.382 e. The third kappa shape index (κ3) is 4.99. The maximum Gasteiger partial charge on any atom is 0.223 e. The van der Waals surface area contributed by atoms with E-state index in [4.69, 9.17) is 14.8 Å². The molecular formula is C19H31N5O2S. The SMILES string of the molecule is CCOCCCNC(=O)C1CCN(c2nn3cc(C(C)(C)C)nc3s2)CC1. The van der Waals surface area contributed by atoms with Crippen LogP contribution in [0.1, 0.15) is 52.7 Å². The molecule has 27 heavy (non-hydrogen) atoms. The van der Waals surface area contributed by atoms with Crippen molar-refractivity contribution in [2.24, 2.45) is 5.92 Å². The number of piperidine rings is 1. The predicted octanol–water partition coefficient (Wildman–Crippen LogP) is 2.85. The summed E-state index contributed by atoms with van der Waals surface area (Å²) in [5.41, 5.74) is 1.09. The number of fused-ring (bicyclic) bond motifs is 1. The predicted molar refractivity (Wildman–Crippen MR) is 109 cm³/mol. The lowest BCUT2D eigenvalue weighted by molar-refractivity contribution is -0.125. The molecule has 1 fully saturated rings. The van der Waals surface area contributed by atoms with Crippen molar-refractivity contribution in [1.82, 2.24) is 19.9 Å². The third-order valence-electron chi connectivity index (χ3n) is 4.91. The standard InChI is InChI=1S/C19H31N5O2S/c1-5-26-12-6-9-20-16(25)14-7-10-23(11-8-14)18-22-24-13-15(19(2,3)4)21-17(24)27-18/h13-14H,5-12H2,1-4H3,(H,20,25). The monoisotopic (exact) mass is 393 g/mol. The lowest BCUT2D eigenvalue weighted by Crippen LogP contribution is -2.41. The van der Waals surface area contributed by atoms with Crippen LogP contribution in [0.3, 0.4) is 0 Å². The molecule has 0 unspecified atom stereocenters. The first kappa shape index (κ1) is 20.1. The van der Waals surface area contributed by atoms with Crippen molar-refractivity contribution in [1.29, 1.82) is 0 Å². The summed E-state index contributed by atoms with van der Waals surface area (Å²) in [6.45, 7) is 12.3. The summed E-state index contributed by atoms with van der Waals surface area (Å²) < 4.78 is 7.18. The molecule has 1 aliphatic rings. The number of imidazole rings is 1. The topological polar surface area (TPSA) is 71.8 Å². The van der Waals surface area contributed by atoms with Crippen LogP contribution >= 0.6 is 11.3 Å². The molecule has 0 saturated carbocycles. The Bertz CT molecular complexity index is 724. The van der Waals surface area contributed by atoms with Crippen LogP contribution < -0.4 is 10.2 Å². The Hall–Kier alpha value is -1.67. The van der Waals surface area contributed by atoms with E-state index in [9.17, 15) is 4.79 Å². The van der Waals surface area contributed by atoms with E-state index in [1.807, 2.05) is 17.6 Å². The van der Waals surface area contributed by atoms with E-state index in [2.05, 4.69) is 31.0 Å². The van der Waals surface area contributed by atoms with Gasteiger partial charge in [0.25, 0.3) is 0 Å². The van der Waals surface area contributed by atoms with Gasteiger partial charge in [-0.1, -0.05) is 32.1 Å². The van der Waals surface area contributed by atoms with Crippen molar-refractivity contribution in [3.8, 4) is 0 Å². The Morgan fingerprint density at radius 3 is 2.74 bits per heavy atom. The van der Waals surface area contributed by atoms with Crippen molar-refractivity contribution < 1.29 is 9.53 Å². The van der Waals surface area contributed by atoms with Gasteiger partial charge < -0.3 is 15.0 Å². The molecule has 3 rings (SSSR count). The number of nitrogens with one attached hydrogen (secondary N) is 1. The summed E-state index contributed by atoms with van der Waals surface area (Å²) in [6.07, 6.45) is 4.63. The molecule has 1 saturated heterocycles. The first-order valence-corrected chi connectivity index (χ1v) is 10.7. The fraction of sp³-hybridized carbons (Fsp3) is 0.737. The van der Waals surface area contributed by atoms with Gasteiger partial charge in [-0.2, -0.15) is 0 Å². The van der Waals surface area contributed by atoms with E-state index in [0.29, 0.717) is 13.2 Å². The largest absolute Gasteiger partial charge is 0.382 e. The molecule has 1 N–H and O–H groups in total. The Morgan fingerprint density at radius 2 is 2.11 bits per heavy atom. The highest BCUT2D eigenvalue weighted by Crippen LogP contribution is 2.30. The highest BCUT2D eigenvalue weighted by molar-refractivity contribution is 7.20. The number of carbonyl (C=O) groups excluding carboxylic acids is 1. The van der Waals surface area contributed by atoms with Gasteiger partial charge in [0.1, 0.15) is 0 Å². The number of nitrogens with zero attached hydrogens (tertiary/aromatic N) is 4. The van der Waals surface area contributed by atoms with Gasteiger partial charge in [-0.15, -0.1) is 5.10 Å². The molecule has 2 aromatic rings. The Morgan fingerprint density at radius 1 is 1.37 bits per heavy atom. The van der Waals surface area contributed by atoms with Crippen LogP contribution in [0.25, 0.3) is 4.96 Å². The zero-order chi connectivity index (χ0) is 19.4. The van der Waals surface area contributed by atoms with E-state index in [1.165, 1.54) is 0 Å². The van der Waals surface area contributed by atoms with Crippen LogP contribution in [0.15, 0.2) is 6.20 Å². The second-order valence-electron chi connectivity index (χ2n) is 8.09. The average molecular weight is 394 g/mol. The molecule has 0 spiro atoms. The molecular weight excluding hydrogens is 362 g/mol. The fourth-order valence-corrected chi connectivity index (χ4v) is 4.12. The van der Waals surface area contributed by atoms with Crippen molar-refractivity contribution >= 4 is 27.3 Å². The minimum atomic E-state index is 0.0297. The van der Waals surface area contributed by atoms with Crippen LogP contribution in [0.4, 0.5) is 5.13 Å². The summed E-state index contributed by atoms with van der Waals surface area (Å²) >= 11 is 1.62. The summed E-state index contributed by atoms with van der Waals surface area (Å²) in [5.74, 6) is 0.278. The normalized spacial score (nSPS) is 16.2. The van der Waals surface area contributed by atoms with Gasteiger partial charge in [-0.25, -0.2) is 9.50 Å². The number of anilines is 1. The quantitative estimate of drug-likeness (QED) is 0.733. The lowest BCUT2D eigenvalue weighted by Gasteiger charge is -2.30. The molecule has 3 heterocycles. The van der Waals surface area contributed by atoms with E-state index < -0.39 is 0 Å². The summed E-state index contributed by atoms with van der Waals surface area (Å²) in [6, 6.07) is 0. The van der Waals surface area contributed by atoms with Gasteiger partial charge in [-0.05, 0) is 26.2 Å². The Kier molecular flexibility index (Phi) is 6.37. The van der Waals surface area contributed by atoms with Crippen LogP contribution in [0.5, 0.6) is 0 Å². The summed E-state index contributed by atoms with van der Waals surface area (Å²) in [4.78, 5) is 20.2. The van der Waals surface area contributed by atoms with Crippen molar-refractivity contribution in [3.63, 3.8) is 0 Å². The van der Waals surface area contributed by atoms with Crippen molar-refractivity contribution in [2.45, 2.75) is 52.4 Å². The number of rotatable bonds is 7. The zero-order valence-corrected chi connectivity index (χ0v) is 17.6. The van der Waals surface area contributed by atoms with E-state index in [-0.39, 0.29) is 17.2 Å². The highest BCUT2D eigenvalue weighted by atomic mass is 32.1. The number of aromatic nitrogens is 3. The smallest absolute Gasteiger partial charge is 0.223 e. The zero-order valence-electron chi connectivity index (χ0n) is 16.8. The van der Waals surface area contributed by atoms with Gasteiger partial charge in [0.2, 0.25) is 16.0 Å². The van der Waals surface area contributed by atoms with Crippen molar-refractivity contribution in [3.05, 3.63) is 11.9 Å². The molecule has 0 aliphatic carbocycles. The third-order valence-corrected chi connectivity index (χ3v) is 5.89. The molecule has 8 heteroatoms. The highest BCUT2D eigenvalue weighted by Gasteiger charge is 2.27. The second-order valence-corrected chi connectivity index (χ2v) is 9.03. The Labute approximate surface area is 165 Å². The van der Waals surface area contributed by atoms with Gasteiger partial charge in [0, 0.05) is 44.2 Å². The molecule has 1 amide bonds.